The van der Waals surface area contributed by atoms with Crippen LogP contribution in [0, 0.1) is 11.3 Å². The van der Waals surface area contributed by atoms with Crippen molar-refractivity contribution in [2.45, 2.75) is 38.3 Å². The van der Waals surface area contributed by atoms with E-state index in [1.165, 1.54) is 0 Å². The number of aliphatic hydroxyl groups is 1. The predicted molar refractivity (Wildman–Crippen MR) is 46.6 cm³/mol. The van der Waals surface area contributed by atoms with E-state index in [0.29, 0.717) is 6.54 Å². The van der Waals surface area contributed by atoms with Crippen LogP contribution in [0.5, 0.6) is 0 Å². The van der Waals surface area contributed by atoms with Crippen LogP contribution in [0.2, 0.25) is 0 Å². The van der Waals surface area contributed by atoms with Crippen LogP contribution in [0.4, 0.5) is 0 Å². The van der Waals surface area contributed by atoms with E-state index in [1.54, 1.807) is 11.8 Å². The van der Waals surface area contributed by atoms with E-state index in [2.05, 4.69) is 0 Å². The number of hydrogen-bond donors (Lipinski definition) is 1. The molecular weight excluding hydrogens is 168 g/mol. The van der Waals surface area contributed by atoms with E-state index in [-0.39, 0.29) is 18.4 Å². The van der Waals surface area contributed by atoms with E-state index in [9.17, 15) is 9.90 Å². The molecule has 1 rings (SSSR count). The van der Waals surface area contributed by atoms with Gasteiger partial charge in [-0.15, -0.1) is 0 Å². The third-order valence-electron chi connectivity index (χ3n) is 2.41. The molecule has 0 saturated carbocycles. The van der Waals surface area contributed by atoms with Crippen molar-refractivity contribution in [1.82, 2.24) is 4.90 Å². The maximum atomic E-state index is 11.4. The first-order valence-corrected chi connectivity index (χ1v) is 4.51. The lowest BCUT2D eigenvalue weighted by Gasteiger charge is -2.25. The van der Waals surface area contributed by atoms with Gasteiger partial charge in [-0.1, -0.05) is 0 Å². The third-order valence-corrected chi connectivity index (χ3v) is 2.41. The first-order chi connectivity index (χ1) is 6.16. The Morgan fingerprint density at radius 2 is 2.54 bits per heavy atom. The van der Waals surface area contributed by atoms with Crippen molar-refractivity contribution in [3.63, 3.8) is 0 Å². The van der Waals surface area contributed by atoms with Crippen LogP contribution < -0.4 is 0 Å². The highest BCUT2D eigenvalue weighted by Crippen LogP contribution is 2.20. The van der Waals surface area contributed by atoms with Gasteiger partial charge in [0.25, 0.3) is 0 Å². The van der Waals surface area contributed by atoms with E-state index in [1.807, 2.05) is 6.07 Å². The number of carbonyl (C=O) groups is 1. The summed E-state index contributed by atoms with van der Waals surface area (Å²) in [5.41, 5.74) is 0. The second-order valence-corrected chi connectivity index (χ2v) is 3.37. The number of rotatable bonds is 2. The molecule has 1 amide bonds. The molecule has 0 aromatic carbocycles. The molecule has 1 fully saturated rings. The van der Waals surface area contributed by atoms with Gasteiger partial charge in [0, 0.05) is 6.54 Å². The predicted octanol–water partition coefficient (Wildman–Crippen LogP) is 0.272. The fraction of sp³-hybridized carbons (Fsp3) is 0.778. The Hall–Kier alpha value is -1.08. The average Bonchev–Trinajstić information content (AvgIpc) is 2.52. The summed E-state index contributed by atoms with van der Waals surface area (Å²) in [6.45, 7) is 2.36. The molecule has 4 heteroatoms. The number of nitriles is 1. The summed E-state index contributed by atoms with van der Waals surface area (Å²) in [6.07, 6.45) is 1.19. The Balaban J connectivity index is 2.58. The Labute approximate surface area is 77.8 Å². The summed E-state index contributed by atoms with van der Waals surface area (Å²) >= 11 is 0. The molecule has 0 aromatic rings. The lowest BCUT2D eigenvalue weighted by atomic mass is 10.1. The van der Waals surface area contributed by atoms with Crippen LogP contribution in [0.1, 0.15) is 26.2 Å². The van der Waals surface area contributed by atoms with Crippen LogP contribution >= 0.6 is 0 Å². The highest BCUT2D eigenvalue weighted by atomic mass is 16.3. The average molecular weight is 182 g/mol. The number of hydrogen-bond acceptors (Lipinski definition) is 3. The standard InChI is InChI=1S/C9H14N2O2/c1-7(12)8-3-2-6-11(8)9(13)4-5-10/h7-8,12H,2-4,6H2,1H3/t7-,8+/m0/s1. The minimum atomic E-state index is -0.495. The summed E-state index contributed by atoms with van der Waals surface area (Å²) < 4.78 is 0. The minimum Gasteiger partial charge on any atom is -0.391 e. The molecule has 1 N–H and O–H groups in total. The van der Waals surface area contributed by atoms with E-state index in [0.717, 1.165) is 12.8 Å². The summed E-state index contributed by atoms with van der Waals surface area (Å²) in [7, 11) is 0. The van der Waals surface area contributed by atoms with Crippen molar-refractivity contribution in [2.24, 2.45) is 0 Å². The van der Waals surface area contributed by atoms with Gasteiger partial charge < -0.3 is 10.0 Å². The molecule has 1 aliphatic rings. The number of likely N-dealkylation sites (tertiary alicyclic amines) is 1. The molecule has 0 radical (unpaired) electrons. The summed E-state index contributed by atoms with van der Waals surface area (Å²) in [4.78, 5) is 13.0. The maximum Gasteiger partial charge on any atom is 0.237 e. The highest BCUT2D eigenvalue weighted by Gasteiger charge is 2.31. The molecule has 0 unspecified atom stereocenters. The number of aliphatic hydroxyl groups excluding tert-OH is 1. The lowest BCUT2D eigenvalue weighted by molar-refractivity contribution is -0.132. The fourth-order valence-electron chi connectivity index (χ4n) is 1.77. The molecule has 72 valence electrons. The third kappa shape index (κ3) is 2.19. The van der Waals surface area contributed by atoms with Gasteiger partial charge >= 0.3 is 0 Å². The maximum absolute atomic E-state index is 11.4. The highest BCUT2D eigenvalue weighted by molar-refractivity contribution is 5.78. The zero-order chi connectivity index (χ0) is 9.84. The Kier molecular flexibility index (Phi) is 3.26. The van der Waals surface area contributed by atoms with Gasteiger partial charge in [-0.25, -0.2) is 0 Å². The van der Waals surface area contributed by atoms with Crippen molar-refractivity contribution in [2.75, 3.05) is 6.54 Å². The molecule has 4 nitrogen and oxygen atoms in total. The Morgan fingerprint density at radius 1 is 1.85 bits per heavy atom. The Morgan fingerprint density at radius 3 is 3.08 bits per heavy atom. The van der Waals surface area contributed by atoms with Crippen LogP contribution in [-0.2, 0) is 4.79 Å². The van der Waals surface area contributed by atoms with Crippen molar-refractivity contribution >= 4 is 5.91 Å². The van der Waals surface area contributed by atoms with E-state index >= 15 is 0 Å². The molecule has 1 heterocycles. The van der Waals surface area contributed by atoms with Gasteiger partial charge in [0.1, 0.15) is 6.42 Å². The first kappa shape index (κ1) is 10.0. The topological polar surface area (TPSA) is 64.3 Å². The molecule has 13 heavy (non-hydrogen) atoms. The van der Waals surface area contributed by atoms with Crippen LogP contribution in [-0.4, -0.2) is 34.6 Å². The molecule has 0 aromatic heterocycles. The van der Waals surface area contributed by atoms with Gasteiger partial charge in [0.05, 0.1) is 18.2 Å². The number of nitrogens with zero attached hydrogens (tertiary/aromatic N) is 2. The zero-order valence-corrected chi connectivity index (χ0v) is 7.73. The fourth-order valence-corrected chi connectivity index (χ4v) is 1.77. The molecule has 1 saturated heterocycles. The molecule has 2 atom stereocenters. The second kappa shape index (κ2) is 4.24. The van der Waals surface area contributed by atoms with Crippen molar-refractivity contribution in [3.8, 4) is 6.07 Å². The summed E-state index contributed by atoms with van der Waals surface area (Å²) in [5, 5.41) is 17.7. The van der Waals surface area contributed by atoms with Gasteiger partial charge in [0.15, 0.2) is 0 Å². The van der Waals surface area contributed by atoms with E-state index < -0.39 is 6.10 Å². The summed E-state index contributed by atoms with van der Waals surface area (Å²) in [6, 6.07) is 1.75. The normalized spacial score (nSPS) is 24.1. The van der Waals surface area contributed by atoms with Crippen LogP contribution in [0.3, 0.4) is 0 Å². The SMILES string of the molecule is C[C@H](O)[C@H]1CCCN1C(=O)CC#N. The van der Waals surface area contributed by atoms with Crippen LogP contribution in [0.25, 0.3) is 0 Å². The molecular formula is C9H14N2O2. The number of amides is 1. The molecule has 0 spiro atoms. The number of carbonyl (C=O) groups excluding carboxylic acids is 1. The van der Waals surface area contributed by atoms with Crippen molar-refractivity contribution < 1.29 is 9.90 Å². The van der Waals surface area contributed by atoms with E-state index in [4.69, 9.17) is 5.26 Å². The quantitative estimate of drug-likeness (QED) is 0.666. The van der Waals surface area contributed by atoms with Crippen molar-refractivity contribution in [1.29, 1.82) is 5.26 Å². The zero-order valence-electron chi connectivity index (χ0n) is 7.73. The molecule has 1 aliphatic heterocycles. The first-order valence-electron chi connectivity index (χ1n) is 4.51. The van der Waals surface area contributed by atoms with Crippen molar-refractivity contribution in [3.05, 3.63) is 0 Å². The van der Waals surface area contributed by atoms with Gasteiger partial charge in [-0.05, 0) is 19.8 Å². The second-order valence-electron chi connectivity index (χ2n) is 3.37. The molecule has 0 bridgehead atoms. The molecule has 0 aliphatic carbocycles. The lowest BCUT2D eigenvalue weighted by Crippen LogP contribution is -2.41. The Bertz CT molecular complexity index is 232. The van der Waals surface area contributed by atoms with Gasteiger partial charge in [-0.2, -0.15) is 5.26 Å². The van der Waals surface area contributed by atoms with Gasteiger partial charge in [-0.3, -0.25) is 4.79 Å². The minimum absolute atomic E-state index is 0.0801. The van der Waals surface area contributed by atoms with Crippen LogP contribution in [0.15, 0.2) is 0 Å². The largest absolute Gasteiger partial charge is 0.391 e. The van der Waals surface area contributed by atoms with Gasteiger partial charge in [0.2, 0.25) is 5.91 Å². The monoisotopic (exact) mass is 182 g/mol. The smallest absolute Gasteiger partial charge is 0.237 e. The summed E-state index contributed by atoms with van der Waals surface area (Å²) in [5.74, 6) is -0.161.